The smallest absolute Gasteiger partial charge is 0.335 e. The molecule has 2 rings (SSSR count). The second-order valence-electron chi connectivity index (χ2n) is 4.12. The van der Waals surface area contributed by atoms with E-state index < -0.39 is 5.97 Å². The van der Waals surface area contributed by atoms with Crippen molar-refractivity contribution < 1.29 is 9.90 Å². The van der Waals surface area contributed by atoms with Gasteiger partial charge in [0.2, 0.25) is 0 Å². The van der Waals surface area contributed by atoms with E-state index in [0.717, 1.165) is 5.56 Å². The molecule has 3 nitrogen and oxygen atoms in total. The molecule has 2 aromatic rings. The second-order valence-corrected chi connectivity index (χ2v) is 5.10. The molecule has 94 valence electrons. The Labute approximate surface area is 110 Å². The second kappa shape index (κ2) is 5.80. The van der Waals surface area contributed by atoms with Crippen molar-refractivity contribution in [1.29, 1.82) is 0 Å². The van der Waals surface area contributed by atoms with Gasteiger partial charge in [0.1, 0.15) is 0 Å². The molecular weight excluding hydrogens is 246 g/mol. The van der Waals surface area contributed by atoms with E-state index in [-0.39, 0.29) is 6.04 Å². The number of carboxylic acid groups (broad SMARTS) is 1. The maximum absolute atomic E-state index is 10.9. The zero-order valence-electron chi connectivity index (χ0n) is 10.1. The number of nitrogens with one attached hydrogen (secondary N) is 1. The summed E-state index contributed by atoms with van der Waals surface area (Å²) in [6.07, 6.45) is 0. The van der Waals surface area contributed by atoms with Crippen molar-refractivity contribution in [3.8, 4) is 0 Å². The summed E-state index contributed by atoms with van der Waals surface area (Å²) in [5.74, 6) is -0.886. The number of hydrogen-bond donors (Lipinski definition) is 2. The van der Waals surface area contributed by atoms with E-state index in [0.29, 0.717) is 12.1 Å². The fourth-order valence-corrected chi connectivity index (χ4v) is 2.48. The average Bonchev–Trinajstić information content (AvgIpc) is 2.90. The highest BCUT2D eigenvalue weighted by Gasteiger charge is 2.07. The molecular formula is C14H15NO2S. The predicted molar refractivity (Wildman–Crippen MR) is 73.0 cm³/mol. The number of benzene rings is 1. The highest BCUT2D eigenvalue weighted by atomic mass is 32.1. The van der Waals surface area contributed by atoms with Gasteiger partial charge in [-0.15, -0.1) is 11.3 Å². The van der Waals surface area contributed by atoms with Crippen molar-refractivity contribution >= 4 is 17.3 Å². The summed E-state index contributed by atoms with van der Waals surface area (Å²) in [6, 6.07) is 11.4. The molecule has 0 spiro atoms. The van der Waals surface area contributed by atoms with Gasteiger partial charge < -0.3 is 10.4 Å². The molecule has 18 heavy (non-hydrogen) atoms. The molecule has 0 amide bonds. The Morgan fingerprint density at radius 1 is 1.39 bits per heavy atom. The maximum atomic E-state index is 10.9. The summed E-state index contributed by atoms with van der Waals surface area (Å²) < 4.78 is 0. The van der Waals surface area contributed by atoms with Gasteiger partial charge in [0.05, 0.1) is 5.56 Å². The van der Waals surface area contributed by atoms with Crippen LogP contribution < -0.4 is 5.32 Å². The summed E-state index contributed by atoms with van der Waals surface area (Å²) in [7, 11) is 0. The Morgan fingerprint density at radius 2 is 2.22 bits per heavy atom. The van der Waals surface area contributed by atoms with Gasteiger partial charge in [-0.25, -0.2) is 4.79 Å². The summed E-state index contributed by atoms with van der Waals surface area (Å²) in [6.45, 7) is 2.77. The SMILES string of the molecule is C[C@@H](NCc1cccc(C(=O)O)c1)c1cccs1. The third kappa shape index (κ3) is 3.18. The minimum atomic E-state index is -0.886. The fraction of sp³-hybridized carbons (Fsp3) is 0.214. The lowest BCUT2D eigenvalue weighted by Crippen LogP contribution is -2.17. The van der Waals surface area contributed by atoms with Gasteiger partial charge in [0.25, 0.3) is 0 Å². The first kappa shape index (κ1) is 12.8. The van der Waals surface area contributed by atoms with Crippen molar-refractivity contribution in [2.24, 2.45) is 0 Å². The van der Waals surface area contributed by atoms with Crippen LogP contribution in [0.1, 0.15) is 33.8 Å². The first-order valence-electron chi connectivity index (χ1n) is 5.76. The molecule has 0 saturated carbocycles. The van der Waals surface area contributed by atoms with Crippen LogP contribution in [0.3, 0.4) is 0 Å². The monoisotopic (exact) mass is 261 g/mol. The first-order chi connectivity index (χ1) is 8.66. The van der Waals surface area contributed by atoms with Gasteiger partial charge in [0.15, 0.2) is 0 Å². The van der Waals surface area contributed by atoms with Crippen molar-refractivity contribution in [3.63, 3.8) is 0 Å². The normalized spacial score (nSPS) is 12.3. The lowest BCUT2D eigenvalue weighted by atomic mass is 10.1. The number of hydrogen-bond acceptors (Lipinski definition) is 3. The van der Waals surface area contributed by atoms with Gasteiger partial charge >= 0.3 is 5.97 Å². The Kier molecular flexibility index (Phi) is 4.12. The zero-order chi connectivity index (χ0) is 13.0. The van der Waals surface area contributed by atoms with E-state index in [1.165, 1.54) is 4.88 Å². The van der Waals surface area contributed by atoms with E-state index in [1.54, 1.807) is 29.5 Å². The van der Waals surface area contributed by atoms with E-state index in [4.69, 9.17) is 5.11 Å². The fourth-order valence-electron chi connectivity index (χ4n) is 1.72. The van der Waals surface area contributed by atoms with E-state index in [2.05, 4.69) is 23.7 Å². The molecule has 2 N–H and O–H groups in total. The number of rotatable bonds is 5. The molecule has 0 aliphatic heterocycles. The lowest BCUT2D eigenvalue weighted by molar-refractivity contribution is 0.0696. The van der Waals surface area contributed by atoms with Crippen LogP contribution in [0.4, 0.5) is 0 Å². The minimum absolute atomic E-state index is 0.276. The third-order valence-corrected chi connectivity index (χ3v) is 3.81. The van der Waals surface area contributed by atoms with E-state index >= 15 is 0 Å². The molecule has 1 aromatic heterocycles. The molecule has 0 unspecified atom stereocenters. The highest BCUT2D eigenvalue weighted by molar-refractivity contribution is 7.10. The molecule has 0 bridgehead atoms. The summed E-state index contributed by atoms with van der Waals surface area (Å²) >= 11 is 1.72. The van der Waals surface area contributed by atoms with Crippen LogP contribution in [-0.4, -0.2) is 11.1 Å². The van der Waals surface area contributed by atoms with Gasteiger partial charge in [-0.2, -0.15) is 0 Å². The maximum Gasteiger partial charge on any atom is 0.335 e. The molecule has 0 aliphatic rings. The highest BCUT2D eigenvalue weighted by Crippen LogP contribution is 2.18. The number of aromatic carboxylic acids is 1. The quantitative estimate of drug-likeness (QED) is 0.868. The number of carboxylic acids is 1. The van der Waals surface area contributed by atoms with E-state index in [9.17, 15) is 4.79 Å². The summed E-state index contributed by atoms with van der Waals surface area (Å²) in [4.78, 5) is 12.1. The number of carbonyl (C=O) groups is 1. The Bertz CT molecular complexity index is 522. The van der Waals surface area contributed by atoms with Crippen LogP contribution >= 0.6 is 11.3 Å². The van der Waals surface area contributed by atoms with Crippen molar-refractivity contribution in [1.82, 2.24) is 5.32 Å². The molecule has 0 fully saturated rings. The lowest BCUT2D eigenvalue weighted by Gasteiger charge is -2.12. The molecule has 1 heterocycles. The Balaban J connectivity index is 1.98. The minimum Gasteiger partial charge on any atom is -0.478 e. The average molecular weight is 261 g/mol. The van der Waals surface area contributed by atoms with Gasteiger partial charge in [-0.1, -0.05) is 18.2 Å². The summed E-state index contributed by atoms with van der Waals surface area (Å²) in [5.41, 5.74) is 1.32. The molecule has 0 aliphatic carbocycles. The Hall–Kier alpha value is -1.65. The van der Waals surface area contributed by atoms with Crippen LogP contribution in [0.25, 0.3) is 0 Å². The van der Waals surface area contributed by atoms with Crippen LogP contribution in [-0.2, 0) is 6.54 Å². The van der Waals surface area contributed by atoms with E-state index in [1.807, 2.05) is 12.1 Å². The van der Waals surface area contributed by atoms with Gasteiger partial charge in [0, 0.05) is 17.5 Å². The predicted octanol–water partition coefficient (Wildman–Crippen LogP) is 3.30. The number of thiophene rings is 1. The molecule has 1 aromatic carbocycles. The molecule has 0 radical (unpaired) electrons. The first-order valence-corrected chi connectivity index (χ1v) is 6.64. The largest absolute Gasteiger partial charge is 0.478 e. The van der Waals surface area contributed by atoms with Crippen LogP contribution in [0, 0.1) is 0 Å². The van der Waals surface area contributed by atoms with Crippen molar-refractivity contribution in [3.05, 3.63) is 57.8 Å². The van der Waals surface area contributed by atoms with Crippen LogP contribution in [0.15, 0.2) is 41.8 Å². The van der Waals surface area contributed by atoms with Crippen LogP contribution in [0.2, 0.25) is 0 Å². The standard InChI is InChI=1S/C14H15NO2S/c1-10(13-6-3-7-18-13)15-9-11-4-2-5-12(8-11)14(16)17/h2-8,10,15H,9H2,1H3,(H,16,17)/t10-/m1/s1. The van der Waals surface area contributed by atoms with Crippen molar-refractivity contribution in [2.45, 2.75) is 19.5 Å². The van der Waals surface area contributed by atoms with Crippen molar-refractivity contribution in [2.75, 3.05) is 0 Å². The molecule has 4 heteroatoms. The summed E-state index contributed by atoms with van der Waals surface area (Å²) in [5, 5.41) is 14.4. The molecule has 1 atom stereocenters. The van der Waals surface area contributed by atoms with Gasteiger partial charge in [-0.3, -0.25) is 0 Å². The van der Waals surface area contributed by atoms with Gasteiger partial charge in [-0.05, 0) is 36.1 Å². The molecule has 0 saturated heterocycles. The zero-order valence-corrected chi connectivity index (χ0v) is 10.9. The Morgan fingerprint density at radius 3 is 2.89 bits per heavy atom. The van der Waals surface area contributed by atoms with Crippen LogP contribution in [0.5, 0.6) is 0 Å². The topological polar surface area (TPSA) is 49.3 Å². The third-order valence-electron chi connectivity index (χ3n) is 2.76.